The van der Waals surface area contributed by atoms with Gasteiger partial charge in [-0.15, -0.1) is 0 Å². The van der Waals surface area contributed by atoms with Crippen molar-refractivity contribution < 1.29 is 4.74 Å². The highest BCUT2D eigenvalue weighted by molar-refractivity contribution is 5.26. The van der Waals surface area contributed by atoms with Crippen molar-refractivity contribution >= 4 is 0 Å². The maximum absolute atomic E-state index is 5.16. The number of hydrogen-bond acceptors (Lipinski definition) is 4. The zero-order valence-electron chi connectivity index (χ0n) is 13.0. The van der Waals surface area contributed by atoms with Crippen molar-refractivity contribution in [3.8, 4) is 5.88 Å². The first-order valence-electron chi connectivity index (χ1n) is 7.44. The van der Waals surface area contributed by atoms with Crippen LogP contribution in [0.4, 0.5) is 0 Å². The molecule has 0 saturated carbocycles. The van der Waals surface area contributed by atoms with Crippen molar-refractivity contribution in [2.45, 2.75) is 32.7 Å². The fraction of sp³-hybridized carbons (Fsp3) is 0.412. The number of aromatic nitrogens is 2. The second kappa shape index (κ2) is 7.74. The topological polar surface area (TPSA) is 47.0 Å². The monoisotopic (exact) mass is 285 g/mol. The number of rotatable bonds is 7. The molecule has 4 nitrogen and oxygen atoms in total. The highest BCUT2D eigenvalue weighted by atomic mass is 16.5. The Kier molecular flexibility index (Phi) is 5.69. The van der Waals surface area contributed by atoms with E-state index in [1.165, 1.54) is 11.1 Å². The summed E-state index contributed by atoms with van der Waals surface area (Å²) in [5, 5.41) is 3.52. The summed E-state index contributed by atoms with van der Waals surface area (Å²) in [6.07, 6.45) is 3.44. The average molecular weight is 285 g/mol. The third kappa shape index (κ3) is 4.26. The zero-order chi connectivity index (χ0) is 15.1. The van der Waals surface area contributed by atoms with Crippen molar-refractivity contribution in [2.24, 2.45) is 0 Å². The predicted octanol–water partition coefficient (Wildman–Crippen LogP) is 2.94. The minimum Gasteiger partial charge on any atom is -0.481 e. The van der Waals surface area contributed by atoms with Crippen LogP contribution >= 0.6 is 0 Å². The molecule has 0 amide bonds. The van der Waals surface area contributed by atoms with Crippen LogP contribution in [0.2, 0.25) is 0 Å². The summed E-state index contributed by atoms with van der Waals surface area (Å²) >= 11 is 0. The molecule has 112 valence electrons. The van der Waals surface area contributed by atoms with Crippen molar-refractivity contribution in [1.82, 2.24) is 15.3 Å². The second-order valence-electron chi connectivity index (χ2n) is 4.96. The Morgan fingerprint density at radius 1 is 1.14 bits per heavy atom. The fourth-order valence-electron chi connectivity index (χ4n) is 2.35. The van der Waals surface area contributed by atoms with Crippen molar-refractivity contribution in [2.75, 3.05) is 13.7 Å². The van der Waals surface area contributed by atoms with Crippen LogP contribution in [-0.4, -0.2) is 23.6 Å². The Bertz CT molecular complexity index is 554. The number of nitrogens with zero attached hydrogens (tertiary/aromatic N) is 2. The summed E-state index contributed by atoms with van der Waals surface area (Å²) in [5.41, 5.74) is 3.62. The summed E-state index contributed by atoms with van der Waals surface area (Å²) in [6, 6.07) is 10.9. The van der Waals surface area contributed by atoms with Gasteiger partial charge < -0.3 is 10.1 Å². The zero-order valence-corrected chi connectivity index (χ0v) is 13.0. The van der Waals surface area contributed by atoms with Crippen LogP contribution in [0.5, 0.6) is 5.88 Å². The van der Waals surface area contributed by atoms with E-state index in [1.54, 1.807) is 13.4 Å². The van der Waals surface area contributed by atoms with Crippen LogP contribution < -0.4 is 10.1 Å². The van der Waals surface area contributed by atoms with Gasteiger partial charge in [0.05, 0.1) is 7.11 Å². The molecule has 1 heterocycles. The summed E-state index contributed by atoms with van der Waals surface area (Å²) < 4.78 is 5.16. The molecule has 2 aromatic rings. The molecule has 1 atom stereocenters. The maximum Gasteiger partial charge on any atom is 0.216 e. The molecule has 1 aromatic heterocycles. The Morgan fingerprint density at radius 2 is 1.90 bits per heavy atom. The largest absolute Gasteiger partial charge is 0.481 e. The molecule has 0 aliphatic carbocycles. The lowest BCUT2D eigenvalue weighted by molar-refractivity contribution is 0.395. The van der Waals surface area contributed by atoms with E-state index in [4.69, 9.17) is 4.74 Å². The molecular formula is C17H23N3O. The van der Waals surface area contributed by atoms with Crippen LogP contribution in [-0.2, 0) is 12.8 Å². The highest BCUT2D eigenvalue weighted by Gasteiger charge is 2.12. The quantitative estimate of drug-likeness (QED) is 0.849. The molecule has 0 aliphatic heterocycles. The van der Waals surface area contributed by atoms with Gasteiger partial charge in [-0.3, -0.25) is 0 Å². The maximum atomic E-state index is 5.16. The molecule has 2 rings (SSSR count). The molecular weight excluding hydrogens is 262 g/mol. The molecule has 1 N–H and O–H groups in total. The average Bonchev–Trinajstić information content (AvgIpc) is 2.55. The van der Waals surface area contributed by atoms with E-state index in [9.17, 15) is 0 Å². The van der Waals surface area contributed by atoms with E-state index in [-0.39, 0.29) is 6.04 Å². The Morgan fingerprint density at radius 3 is 2.52 bits per heavy atom. The van der Waals surface area contributed by atoms with Crippen molar-refractivity contribution in [3.63, 3.8) is 0 Å². The number of ether oxygens (including phenoxy) is 1. The first-order valence-corrected chi connectivity index (χ1v) is 7.44. The van der Waals surface area contributed by atoms with E-state index in [1.807, 2.05) is 6.07 Å². The lowest BCUT2D eigenvalue weighted by Gasteiger charge is -2.18. The molecule has 4 heteroatoms. The second-order valence-corrected chi connectivity index (χ2v) is 4.96. The van der Waals surface area contributed by atoms with Crippen LogP contribution in [0.1, 0.15) is 36.7 Å². The minimum absolute atomic E-state index is 0.250. The Balaban J connectivity index is 2.17. The lowest BCUT2D eigenvalue weighted by atomic mass is 10.00. The molecule has 1 unspecified atom stereocenters. The summed E-state index contributed by atoms with van der Waals surface area (Å²) in [5.74, 6) is 0.608. The lowest BCUT2D eigenvalue weighted by Crippen LogP contribution is -2.23. The van der Waals surface area contributed by atoms with Gasteiger partial charge in [-0.1, -0.05) is 38.1 Å². The van der Waals surface area contributed by atoms with Gasteiger partial charge in [0.25, 0.3) is 0 Å². The number of aryl methyl sites for hydroxylation is 1. The number of nitrogens with one attached hydrogen (secondary N) is 1. The molecule has 0 radical (unpaired) electrons. The Labute approximate surface area is 126 Å². The van der Waals surface area contributed by atoms with Gasteiger partial charge in [0.1, 0.15) is 6.33 Å². The molecule has 0 aliphatic rings. The molecule has 0 bridgehead atoms. The smallest absolute Gasteiger partial charge is 0.216 e. The molecule has 1 aromatic carbocycles. The van der Waals surface area contributed by atoms with Crippen LogP contribution in [0.15, 0.2) is 36.7 Å². The van der Waals surface area contributed by atoms with Gasteiger partial charge in [0.2, 0.25) is 5.88 Å². The van der Waals surface area contributed by atoms with Crippen LogP contribution in [0, 0.1) is 0 Å². The molecule has 0 spiro atoms. The van der Waals surface area contributed by atoms with Crippen molar-refractivity contribution in [3.05, 3.63) is 53.5 Å². The standard InChI is InChI=1S/C17H23N3O/c1-4-13-6-8-14(9-7-13)16(18-5-2)10-15-11-17(21-3)20-12-19-15/h6-9,11-12,16,18H,4-5,10H2,1-3H3. The van der Waals surface area contributed by atoms with Gasteiger partial charge in [-0.2, -0.15) is 0 Å². The number of benzene rings is 1. The number of likely N-dealkylation sites (N-methyl/N-ethyl adjacent to an activating group) is 1. The van der Waals surface area contributed by atoms with Gasteiger partial charge in [0, 0.05) is 24.2 Å². The van der Waals surface area contributed by atoms with Crippen molar-refractivity contribution in [1.29, 1.82) is 0 Å². The van der Waals surface area contributed by atoms with E-state index in [0.29, 0.717) is 5.88 Å². The van der Waals surface area contributed by atoms with Crippen LogP contribution in [0.25, 0.3) is 0 Å². The van der Waals surface area contributed by atoms with Gasteiger partial charge in [-0.05, 0) is 24.1 Å². The molecule has 0 fully saturated rings. The van der Waals surface area contributed by atoms with E-state index in [2.05, 4.69) is 53.4 Å². The van der Waals surface area contributed by atoms with Crippen LogP contribution in [0.3, 0.4) is 0 Å². The number of hydrogen-bond donors (Lipinski definition) is 1. The summed E-state index contributed by atoms with van der Waals surface area (Å²) in [6.45, 7) is 5.21. The SMILES string of the molecule is CCNC(Cc1cc(OC)ncn1)c1ccc(CC)cc1. The first kappa shape index (κ1) is 15.4. The summed E-state index contributed by atoms with van der Waals surface area (Å²) in [4.78, 5) is 8.39. The fourth-order valence-corrected chi connectivity index (χ4v) is 2.35. The first-order chi connectivity index (χ1) is 10.3. The minimum atomic E-state index is 0.250. The number of methoxy groups -OCH3 is 1. The predicted molar refractivity (Wildman–Crippen MR) is 84.5 cm³/mol. The molecule has 21 heavy (non-hydrogen) atoms. The third-order valence-corrected chi connectivity index (χ3v) is 3.56. The Hall–Kier alpha value is -1.94. The highest BCUT2D eigenvalue weighted by Crippen LogP contribution is 2.19. The van der Waals surface area contributed by atoms with E-state index < -0.39 is 0 Å². The summed E-state index contributed by atoms with van der Waals surface area (Å²) in [7, 11) is 1.62. The normalized spacial score (nSPS) is 12.1. The van der Waals surface area contributed by atoms with Gasteiger partial charge in [-0.25, -0.2) is 9.97 Å². The van der Waals surface area contributed by atoms with Gasteiger partial charge >= 0.3 is 0 Å². The third-order valence-electron chi connectivity index (χ3n) is 3.56. The molecule has 0 saturated heterocycles. The van der Waals surface area contributed by atoms with E-state index in [0.717, 1.165) is 25.1 Å². The van der Waals surface area contributed by atoms with E-state index >= 15 is 0 Å². The van der Waals surface area contributed by atoms with Gasteiger partial charge in [0.15, 0.2) is 0 Å².